The molecule has 2 rings (SSSR count). The first-order valence-electron chi connectivity index (χ1n) is 7.52. The molecule has 0 bridgehead atoms. The number of hydrogen-bond donors (Lipinski definition) is 1. The highest BCUT2D eigenvalue weighted by Gasteiger charge is 2.04. The van der Waals surface area contributed by atoms with Crippen molar-refractivity contribution in [3.63, 3.8) is 0 Å². The highest BCUT2D eigenvalue weighted by atomic mass is 15.3. The fraction of sp³-hybridized carbons (Fsp3) is 0.471. The molecule has 0 amide bonds. The van der Waals surface area contributed by atoms with Crippen LogP contribution in [-0.4, -0.2) is 22.9 Å². The van der Waals surface area contributed by atoms with Gasteiger partial charge in [-0.3, -0.25) is 0 Å². The molecule has 108 valence electrons. The van der Waals surface area contributed by atoms with Gasteiger partial charge in [-0.25, -0.2) is 4.68 Å². The minimum atomic E-state index is 1.08. The van der Waals surface area contributed by atoms with Crippen molar-refractivity contribution in [3.8, 4) is 5.69 Å². The SMILES string of the molecule is CCCNCCCc1cnn(-c2cc(C)ccc2C)c1. The Labute approximate surface area is 122 Å². The molecule has 1 aromatic heterocycles. The Balaban J connectivity index is 1.96. The molecule has 0 spiro atoms. The van der Waals surface area contributed by atoms with Crippen molar-refractivity contribution in [3.05, 3.63) is 47.3 Å². The van der Waals surface area contributed by atoms with Crippen LogP contribution in [0.1, 0.15) is 36.5 Å². The molecule has 1 N–H and O–H groups in total. The first kappa shape index (κ1) is 14.8. The van der Waals surface area contributed by atoms with E-state index in [1.165, 1.54) is 35.2 Å². The Bertz CT molecular complexity index is 543. The summed E-state index contributed by atoms with van der Waals surface area (Å²) >= 11 is 0. The molecule has 0 aliphatic rings. The van der Waals surface area contributed by atoms with E-state index in [0.29, 0.717) is 0 Å². The molecule has 3 heteroatoms. The van der Waals surface area contributed by atoms with Crippen molar-refractivity contribution in [2.45, 2.75) is 40.0 Å². The largest absolute Gasteiger partial charge is 0.317 e. The highest BCUT2D eigenvalue weighted by Crippen LogP contribution is 2.16. The van der Waals surface area contributed by atoms with E-state index < -0.39 is 0 Å². The molecule has 0 fully saturated rings. The predicted molar refractivity (Wildman–Crippen MR) is 84.5 cm³/mol. The molecular formula is C17H25N3. The average Bonchev–Trinajstić information content (AvgIpc) is 2.90. The van der Waals surface area contributed by atoms with Crippen molar-refractivity contribution in [2.24, 2.45) is 0 Å². The van der Waals surface area contributed by atoms with E-state index in [1.807, 2.05) is 10.9 Å². The molecule has 2 aromatic rings. The van der Waals surface area contributed by atoms with Crippen LogP contribution in [0.2, 0.25) is 0 Å². The van der Waals surface area contributed by atoms with Gasteiger partial charge in [0.2, 0.25) is 0 Å². The van der Waals surface area contributed by atoms with Crippen LogP contribution in [0, 0.1) is 13.8 Å². The highest BCUT2D eigenvalue weighted by molar-refractivity contribution is 5.42. The Kier molecular flexibility index (Phi) is 5.36. The molecule has 0 saturated heterocycles. The summed E-state index contributed by atoms with van der Waals surface area (Å²) in [5, 5.41) is 7.93. The standard InChI is InChI=1S/C17H25N3/c1-4-9-18-10-5-6-16-12-19-20(13-16)17-11-14(2)7-8-15(17)3/h7-8,11-13,18H,4-6,9-10H2,1-3H3. The molecule has 20 heavy (non-hydrogen) atoms. The van der Waals surface area contributed by atoms with Gasteiger partial charge in [0, 0.05) is 6.20 Å². The third-order valence-corrected chi connectivity index (χ3v) is 3.49. The molecule has 1 aromatic carbocycles. The van der Waals surface area contributed by atoms with Crippen molar-refractivity contribution < 1.29 is 0 Å². The summed E-state index contributed by atoms with van der Waals surface area (Å²) in [7, 11) is 0. The topological polar surface area (TPSA) is 29.9 Å². The molecule has 0 atom stereocenters. The zero-order chi connectivity index (χ0) is 14.4. The summed E-state index contributed by atoms with van der Waals surface area (Å²) in [6.45, 7) is 8.64. The van der Waals surface area contributed by atoms with Gasteiger partial charge in [0.25, 0.3) is 0 Å². The molecule has 1 heterocycles. The van der Waals surface area contributed by atoms with Crippen LogP contribution in [0.4, 0.5) is 0 Å². The maximum Gasteiger partial charge on any atom is 0.0677 e. The number of aromatic nitrogens is 2. The first-order chi connectivity index (χ1) is 9.70. The van der Waals surface area contributed by atoms with Gasteiger partial charge < -0.3 is 5.32 Å². The summed E-state index contributed by atoms with van der Waals surface area (Å²) < 4.78 is 2.00. The number of benzene rings is 1. The summed E-state index contributed by atoms with van der Waals surface area (Å²) in [6, 6.07) is 6.48. The number of rotatable bonds is 7. The van der Waals surface area contributed by atoms with E-state index in [2.05, 4.69) is 55.6 Å². The van der Waals surface area contributed by atoms with E-state index in [9.17, 15) is 0 Å². The van der Waals surface area contributed by atoms with Gasteiger partial charge in [-0.2, -0.15) is 5.10 Å². The van der Waals surface area contributed by atoms with Crippen molar-refractivity contribution in [1.82, 2.24) is 15.1 Å². The zero-order valence-corrected chi connectivity index (χ0v) is 12.8. The second kappa shape index (κ2) is 7.25. The maximum atomic E-state index is 4.50. The van der Waals surface area contributed by atoms with Gasteiger partial charge in [-0.1, -0.05) is 19.1 Å². The molecule has 0 saturated carbocycles. The Morgan fingerprint density at radius 3 is 2.85 bits per heavy atom. The second-order valence-electron chi connectivity index (χ2n) is 5.44. The number of hydrogen-bond acceptors (Lipinski definition) is 2. The molecule has 0 radical (unpaired) electrons. The van der Waals surface area contributed by atoms with E-state index in [4.69, 9.17) is 0 Å². The van der Waals surface area contributed by atoms with Gasteiger partial charge in [-0.15, -0.1) is 0 Å². The van der Waals surface area contributed by atoms with E-state index in [0.717, 1.165) is 19.5 Å². The Morgan fingerprint density at radius 2 is 2.05 bits per heavy atom. The van der Waals surface area contributed by atoms with Gasteiger partial charge in [0.1, 0.15) is 0 Å². The Hall–Kier alpha value is -1.61. The van der Waals surface area contributed by atoms with E-state index >= 15 is 0 Å². The molecule has 0 aliphatic carbocycles. The van der Waals surface area contributed by atoms with Crippen LogP contribution < -0.4 is 5.32 Å². The van der Waals surface area contributed by atoms with Gasteiger partial charge in [-0.05, 0) is 69.0 Å². The number of nitrogens with one attached hydrogen (secondary N) is 1. The van der Waals surface area contributed by atoms with Crippen molar-refractivity contribution in [2.75, 3.05) is 13.1 Å². The number of aryl methyl sites for hydroxylation is 3. The Morgan fingerprint density at radius 1 is 1.20 bits per heavy atom. The molecule has 0 aliphatic heterocycles. The van der Waals surface area contributed by atoms with E-state index in [1.54, 1.807) is 0 Å². The number of nitrogens with zero attached hydrogens (tertiary/aromatic N) is 2. The van der Waals surface area contributed by atoms with E-state index in [-0.39, 0.29) is 0 Å². The van der Waals surface area contributed by atoms with Gasteiger partial charge in [0.15, 0.2) is 0 Å². The fourth-order valence-corrected chi connectivity index (χ4v) is 2.31. The van der Waals surface area contributed by atoms with Gasteiger partial charge >= 0.3 is 0 Å². The van der Waals surface area contributed by atoms with Crippen LogP contribution in [0.3, 0.4) is 0 Å². The summed E-state index contributed by atoms with van der Waals surface area (Å²) in [6.07, 6.45) is 7.59. The lowest BCUT2D eigenvalue weighted by Gasteiger charge is -2.06. The summed E-state index contributed by atoms with van der Waals surface area (Å²) in [5.41, 5.74) is 5.02. The van der Waals surface area contributed by atoms with Crippen LogP contribution in [0.25, 0.3) is 5.69 Å². The van der Waals surface area contributed by atoms with Crippen LogP contribution >= 0.6 is 0 Å². The molecule has 3 nitrogen and oxygen atoms in total. The predicted octanol–water partition coefficient (Wildman–Crippen LogP) is 3.42. The molecule has 0 unspecified atom stereocenters. The van der Waals surface area contributed by atoms with Crippen molar-refractivity contribution >= 4 is 0 Å². The van der Waals surface area contributed by atoms with Crippen LogP contribution in [0.15, 0.2) is 30.6 Å². The smallest absolute Gasteiger partial charge is 0.0677 e. The maximum absolute atomic E-state index is 4.50. The third kappa shape index (κ3) is 3.94. The monoisotopic (exact) mass is 271 g/mol. The summed E-state index contributed by atoms with van der Waals surface area (Å²) in [5.74, 6) is 0. The quantitative estimate of drug-likeness (QED) is 0.782. The third-order valence-electron chi connectivity index (χ3n) is 3.49. The zero-order valence-electron chi connectivity index (χ0n) is 12.8. The van der Waals surface area contributed by atoms with Crippen LogP contribution in [0.5, 0.6) is 0 Å². The van der Waals surface area contributed by atoms with Gasteiger partial charge in [0.05, 0.1) is 11.9 Å². The normalized spacial score (nSPS) is 10.9. The fourth-order valence-electron chi connectivity index (χ4n) is 2.31. The average molecular weight is 271 g/mol. The second-order valence-corrected chi connectivity index (χ2v) is 5.44. The minimum absolute atomic E-state index is 1.08. The van der Waals surface area contributed by atoms with Crippen LogP contribution in [-0.2, 0) is 6.42 Å². The molecular weight excluding hydrogens is 246 g/mol. The lowest BCUT2D eigenvalue weighted by atomic mass is 10.1. The lowest BCUT2D eigenvalue weighted by Crippen LogP contribution is -2.16. The first-order valence-corrected chi connectivity index (χ1v) is 7.52. The lowest BCUT2D eigenvalue weighted by molar-refractivity contribution is 0.640. The summed E-state index contributed by atoms with van der Waals surface area (Å²) in [4.78, 5) is 0. The minimum Gasteiger partial charge on any atom is -0.317 e. The van der Waals surface area contributed by atoms with Crippen molar-refractivity contribution in [1.29, 1.82) is 0 Å².